The molecule has 106 valence electrons. The molecule has 3 heterocycles. The van der Waals surface area contributed by atoms with Crippen LogP contribution in [0.4, 0.5) is 0 Å². The van der Waals surface area contributed by atoms with Crippen LogP contribution in [0.1, 0.15) is 56.8 Å². The van der Waals surface area contributed by atoms with Crippen LogP contribution in [0.3, 0.4) is 0 Å². The lowest BCUT2D eigenvalue weighted by molar-refractivity contribution is 0.0507. The Morgan fingerprint density at radius 3 is 2.89 bits per heavy atom. The summed E-state index contributed by atoms with van der Waals surface area (Å²) in [5.74, 6) is 0.727. The molecule has 0 saturated carbocycles. The molecule has 0 spiro atoms. The molecule has 0 amide bonds. The molecule has 0 aromatic carbocycles. The molecule has 2 aliphatic rings. The molecule has 1 aromatic heterocycles. The predicted molar refractivity (Wildman–Crippen MR) is 75.1 cm³/mol. The summed E-state index contributed by atoms with van der Waals surface area (Å²) in [7, 11) is 0. The molecule has 2 aliphatic heterocycles. The second-order valence-corrected chi connectivity index (χ2v) is 5.92. The van der Waals surface area contributed by atoms with E-state index in [1.54, 1.807) is 0 Å². The molecule has 2 atom stereocenters. The molecule has 4 nitrogen and oxygen atoms in total. The van der Waals surface area contributed by atoms with E-state index >= 15 is 0 Å². The molecule has 1 N–H and O–H groups in total. The summed E-state index contributed by atoms with van der Waals surface area (Å²) in [5, 5.41) is 3.63. The summed E-state index contributed by atoms with van der Waals surface area (Å²) in [4.78, 5) is 4.40. The zero-order valence-corrected chi connectivity index (χ0v) is 11.8. The van der Waals surface area contributed by atoms with Gasteiger partial charge in [0.25, 0.3) is 0 Å². The van der Waals surface area contributed by atoms with Crippen molar-refractivity contribution in [3.63, 3.8) is 0 Å². The summed E-state index contributed by atoms with van der Waals surface area (Å²) >= 11 is 0. The van der Waals surface area contributed by atoms with E-state index in [0.717, 1.165) is 25.7 Å². The first-order valence-electron chi connectivity index (χ1n) is 7.69. The highest BCUT2D eigenvalue weighted by atomic mass is 16.5. The van der Waals surface area contributed by atoms with Gasteiger partial charge in [0.1, 0.15) is 0 Å². The Labute approximate surface area is 115 Å². The first-order valence-corrected chi connectivity index (χ1v) is 7.69. The number of nitrogens with zero attached hydrogens (tertiary/aromatic N) is 2. The van der Waals surface area contributed by atoms with E-state index < -0.39 is 0 Å². The number of aromatic nitrogens is 2. The van der Waals surface area contributed by atoms with Crippen LogP contribution >= 0.6 is 0 Å². The molecule has 19 heavy (non-hydrogen) atoms. The first kappa shape index (κ1) is 13.1. The van der Waals surface area contributed by atoms with Gasteiger partial charge < -0.3 is 14.6 Å². The van der Waals surface area contributed by atoms with Crippen molar-refractivity contribution in [1.82, 2.24) is 14.9 Å². The third-order valence-electron chi connectivity index (χ3n) is 4.75. The highest BCUT2D eigenvalue weighted by Gasteiger charge is 2.26. The van der Waals surface area contributed by atoms with Crippen LogP contribution in [-0.4, -0.2) is 29.3 Å². The average molecular weight is 263 g/mol. The molecule has 2 saturated heterocycles. The summed E-state index contributed by atoms with van der Waals surface area (Å²) < 4.78 is 7.88. The average Bonchev–Trinajstić information content (AvgIpc) is 2.98. The molecule has 0 bridgehead atoms. The van der Waals surface area contributed by atoms with Crippen LogP contribution < -0.4 is 5.32 Å². The van der Waals surface area contributed by atoms with E-state index in [1.165, 1.54) is 37.8 Å². The van der Waals surface area contributed by atoms with Gasteiger partial charge >= 0.3 is 0 Å². The van der Waals surface area contributed by atoms with Crippen LogP contribution in [0.2, 0.25) is 0 Å². The van der Waals surface area contributed by atoms with Gasteiger partial charge in [-0.25, -0.2) is 4.98 Å². The number of hydrogen-bond donors (Lipinski definition) is 1. The molecule has 3 rings (SSSR count). The SMILES string of the molecule is CC(C1CCOCC1)n1cncc1C1CCCCN1. The third kappa shape index (κ3) is 2.84. The normalized spacial score (nSPS) is 27.3. The number of imidazole rings is 1. The van der Waals surface area contributed by atoms with Gasteiger partial charge in [-0.1, -0.05) is 6.42 Å². The Morgan fingerprint density at radius 1 is 1.32 bits per heavy atom. The van der Waals surface area contributed by atoms with Crippen molar-refractivity contribution in [2.45, 2.75) is 51.1 Å². The third-order valence-corrected chi connectivity index (χ3v) is 4.75. The Balaban J connectivity index is 1.74. The van der Waals surface area contributed by atoms with Crippen LogP contribution in [0.25, 0.3) is 0 Å². The summed E-state index contributed by atoms with van der Waals surface area (Å²) in [5.41, 5.74) is 1.37. The fraction of sp³-hybridized carbons (Fsp3) is 0.800. The molecular formula is C15H25N3O. The molecule has 0 aliphatic carbocycles. The fourth-order valence-electron chi connectivity index (χ4n) is 3.45. The quantitative estimate of drug-likeness (QED) is 0.911. The molecule has 2 fully saturated rings. The summed E-state index contributed by atoms with van der Waals surface area (Å²) in [6, 6.07) is 1.03. The second-order valence-electron chi connectivity index (χ2n) is 5.92. The largest absolute Gasteiger partial charge is 0.381 e. The van der Waals surface area contributed by atoms with Gasteiger partial charge in [-0.2, -0.15) is 0 Å². The lowest BCUT2D eigenvalue weighted by Gasteiger charge is -2.32. The van der Waals surface area contributed by atoms with Gasteiger partial charge in [0.05, 0.1) is 12.0 Å². The van der Waals surface area contributed by atoms with Gasteiger partial charge in [0, 0.05) is 31.5 Å². The van der Waals surface area contributed by atoms with Gasteiger partial charge in [0.15, 0.2) is 0 Å². The lowest BCUT2D eigenvalue weighted by Crippen LogP contribution is -2.31. The fourth-order valence-corrected chi connectivity index (χ4v) is 3.45. The van der Waals surface area contributed by atoms with Crippen molar-refractivity contribution in [2.75, 3.05) is 19.8 Å². The van der Waals surface area contributed by atoms with Crippen LogP contribution in [0.15, 0.2) is 12.5 Å². The number of hydrogen-bond acceptors (Lipinski definition) is 3. The van der Waals surface area contributed by atoms with Crippen molar-refractivity contribution in [3.05, 3.63) is 18.2 Å². The number of piperidine rings is 1. The van der Waals surface area contributed by atoms with Gasteiger partial charge in [-0.3, -0.25) is 0 Å². The zero-order chi connectivity index (χ0) is 13.1. The zero-order valence-electron chi connectivity index (χ0n) is 11.8. The minimum atomic E-state index is 0.499. The topological polar surface area (TPSA) is 39.1 Å². The van der Waals surface area contributed by atoms with E-state index in [-0.39, 0.29) is 0 Å². The molecular weight excluding hydrogens is 238 g/mol. The standard InChI is InChI=1S/C15H25N3O/c1-12(13-5-8-19-9-6-13)18-11-16-10-15(18)14-4-2-3-7-17-14/h10-14,17H,2-9H2,1H3. The molecule has 2 unspecified atom stereocenters. The number of nitrogens with one attached hydrogen (secondary N) is 1. The Hall–Kier alpha value is -0.870. The van der Waals surface area contributed by atoms with Crippen molar-refractivity contribution in [1.29, 1.82) is 0 Å². The van der Waals surface area contributed by atoms with Crippen molar-refractivity contribution < 1.29 is 4.74 Å². The smallest absolute Gasteiger partial charge is 0.0951 e. The van der Waals surface area contributed by atoms with Crippen LogP contribution in [0.5, 0.6) is 0 Å². The van der Waals surface area contributed by atoms with E-state index in [2.05, 4.69) is 28.0 Å². The summed E-state index contributed by atoms with van der Waals surface area (Å²) in [6.45, 7) is 5.31. The first-order chi connectivity index (χ1) is 9.36. The van der Waals surface area contributed by atoms with Crippen molar-refractivity contribution in [2.24, 2.45) is 5.92 Å². The highest BCUT2D eigenvalue weighted by molar-refractivity contribution is 5.08. The Bertz CT molecular complexity index is 392. The maximum Gasteiger partial charge on any atom is 0.0951 e. The van der Waals surface area contributed by atoms with Crippen LogP contribution in [-0.2, 0) is 4.74 Å². The van der Waals surface area contributed by atoms with E-state index in [0.29, 0.717) is 12.1 Å². The van der Waals surface area contributed by atoms with Gasteiger partial charge in [0.2, 0.25) is 0 Å². The monoisotopic (exact) mass is 263 g/mol. The van der Waals surface area contributed by atoms with E-state index in [9.17, 15) is 0 Å². The van der Waals surface area contributed by atoms with Crippen LogP contribution in [0, 0.1) is 5.92 Å². The highest BCUT2D eigenvalue weighted by Crippen LogP contribution is 2.31. The van der Waals surface area contributed by atoms with Gasteiger partial charge in [-0.15, -0.1) is 0 Å². The number of rotatable bonds is 3. The summed E-state index contributed by atoms with van der Waals surface area (Å²) in [6.07, 6.45) is 10.3. The van der Waals surface area contributed by atoms with Crippen molar-refractivity contribution in [3.8, 4) is 0 Å². The Kier molecular flexibility index (Phi) is 4.18. The predicted octanol–water partition coefficient (Wildman–Crippen LogP) is 2.69. The lowest BCUT2D eigenvalue weighted by atomic mass is 9.92. The van der Waals surface area contributed by atoms with Gasteiger partial charge in [-0.05, 0) is 45.1 Å². The number of ether oxygens (including phenoxy) is 1. The second kappa shape index (κ2) is 6.06. The molecule has 4 heteroatoms. The minimum Gasteiger partial charge on any atom is -0.381 e. The molecule has 0 radical (unpaired) electrons. The van der Waals surface area contributed by atoms with Crippen molar-refractivity contribution >= 4 is 0 Å². The van der Waals surface area contributed by atoms with E-state index in [1.807, 2.05) is 6.33 Å². The minimum absolute atomic E-state index is 0.499. The van der Waals surface area contributed by atoms with E-state index in [4.69, 9.17) is 4.74 Å². The maximum absolute atomic E-state index is 5.48. The Morgan fingerprint density at radius 2 is 2.16 bits per heavy atom. The molecule has 1 aromatic rings. The maximum atomic E-state index is 5.48.